The van der Waals surface area contributed by atoms with Crippen molar-refractivity contribution >= 4 is 0 Å². The van der Waals surface area contributed by atoms with Gasteiger partial charge in [0.25, 0.3) is 0 Å². The highest BCUT2D eigenvalue weighted by molar-refractivity contribution is 5.09. The molecule has 0 N–H and O–H groups in total. The maximum Gasteiger partial charge on any atom is 0.211 e. The second-order valence-electron chi connectivity index (χ2n) is 3.28. The summed E-state index contributed by atoms with van der Waals surface area (Å²) in [5.41, 5.74) is 0. The molecule has 0 aromatic carbocycles. The number of rotatable bonds is 1. The van der Waals surface area contributed by atoms with Crippen molar-refractivity contribution in [3.8, 4) is 5.88 Å². The highest BCUT2D eigenvalue weighted by atomic mass is 16.5. The maximum atomic E-state index is 5.50. The Morgan fingerprint density at radius 2 is 2.50 bits per heavy atom. The lowest BCUT2D eigenvalue weighted by Crippen LogP contribution is -2.40. The zero-order valence-corrected chi connectivity index (χ0v) is 7.40. The molecule has 0 spiro atoms. The lowest BCUT2D eigenvalue weighted by Gasteiger charge is -2.28. The number of nitrogens with zero attached hydrogens (tertiary/aromatic N) is 3. The third-order valence-corrected chi connectivity index (χ3v) is 2.22. The average molecular weight is 167 g/mol. The van der Waals surface area contributed by atoms with Gasteiger partial charge in [0, 0.05) is 6.07 Å². The molecule has 0 saturated heterocycles. The van der Waals surface area contributed by atoms with E-state index in [9.17, 15) is 0 Å². The highest BCUT2D eigenvalue weighted by Gasteiger charge is 2.20. The van der Waals surface area contributed by atoms with Crippen LogP contribution in [0, 0.1) is 0 Å². The molecule has 1 aliphatic heterocycles. The topological polar surface area (TPSA) is 30.3 Å². The molecule has 0 radical (unpaired) electrons. The fourth-order valence-corrected chi connectivity index (χ4v) is 1.33. The molecular weight excluding hydrogens is 154 g/mol. The van der Waals surface area contributed by atoms with E-state index in [-0.39, 0.29) is 0 Å². The van der Waals surface area contributed by atoms with Crippen molar-refractivity contribution in [2.24, 2.45) is 0 Å². The lowest BCUT2D eigenvalue weighted by atomic mass is 10.3. The first-order chi connectivity index (χ1) is 5.77. The summed E-state index contributed by atoms with van der Waals surface area (Å²) < 4.78 is 7.39. The molecule has 1 aliphatic rings. The monoisotopic (exact) mass is 167 g/mol. The Balaban J connectivity index is 2.15. The van der Waals surface area contributed by atoms with E-state index in [0.29, 0.717) is 6.04 Å². The van der Waals surface area contributed by atoms with E-state index >= 15 is 0 Å². The Bertz CT molecular complexity index is 269. The summed E-state index contributed by atoms with van der Waals surface area (Å²) in [4.78, 5) is 2.16. The fourth-order valence-electron chi connectivity index (χ4n) is 1.33. The number of hydrogen-bond acceptors (Lipinski definition) is 3. The largest absolute Gasteiger partial charge is 0.476 e. The Morgan fingerprint density at radius 1 is 1.67 bits per heavy atom. The molecule has 0 bridgehead atoms. The van der Waals surface area contributed by atoms with E-state index in [2.05, 4.69) is 24.1 Å². The second kappa shape index (κ2) is 2.79. The first-order valence-electron chi connectivity index (χ1n) is 4.08. The van der Waals surface area contributed by atoms with Crippen LogP contribution in [0.3, 0.4) is 0 Å². The molecule has 1 aromatic rings. The van der Waals surface area contributed by atoms with E-state index in [1.807, 2.05) is 10.7 Å². The molecule has 4 heteroatoms. The maximum absolute atomic E-state index is 5.50. The van der Waals surface area contributed by atoms with Crippen LogP contribution in [0.1, 0.15) is 0 Å². The van der Waals surface area contributed by atoms with Crippen LogP contribution in [0.5, 0.6) is 5.88 Å². The van der Waals surface area contributed by atoms with Gasteiger partial charge in [0.1, 0.15) is 6.61 Å². The standard InChI is InChI=1S/C8H13N3O/c1-10(2)7-5-11-8(12-6-7)3-4-9-11/h3-4,7H,5-6H2,1-2H3/t7-/m0/s1. The van der Waals surface area contributed by atoms with Crippen molar-refractivity contribution in [3.05, 3.63) is 12.3 Å². The van der Waals surface area contributed by atoms with Gasteiger partial charge in [0.2, 0.25) is 5.88 Å². The van der Waals surface area contributed by atoms with Crippen molar-refractivity contribution in [1.29, 1.82) is 0 Å². The fraction of sp³-hybridized carbons (Fsp3) is 0.625. The van der Waals surface area contributed by atoms with Crippen LogP contribution in [0.2, 0.25) is 0 Å². The van der Waals surface area contributed by atoms with Gasteiger partial charge in [0.05, 0.1) is 18.8 Å². The van der Waals surface area contributed by atoms with Crippen LogP contribution in [0.4, 0.5) is 0 Å². The minimum atomic E-state index is 0.442. The van der Waals surface area contributed by atoms with Crippen molar-refractivity contribution < 1.29 is 4.74 Å². The van der Waals surface area contributed by atoms with Crippen LogP contribution in [-0.4, -0.2) is 41.4 Å². The molecule has 0 amide bonds. The molecule has 0 unspecified atom stereocenters. The van der Waals surface area contributed by atoms with E-state index in [1.54, 1.807) is 6.20 Å². The molecule has 2 rings (SSSR count). The number of ether oxygens (including phenoxy) is 1. The number of fused-ring (bicyclic) bond motifs is 1. The van der Waals surface area contributed by atoms with Crippen LogP contribution < -0.4 is 4.74 Å². The molecule has 1 atom stereocenters. The normalized spacial score (nSPS) is 22.1. The molecule has 4 nitrogen and oxygen atoms in total. The SMILES string of the molecule is CN(C)[C@@H]1COc2ccnn2C1. The molecule has 0 fully saturated rings. The lowest BCUT2D eigenvalue weighted by molar-refractivity contribution is 0.120. The summed E-state index contributed by atoms with van der Waals surface area (Å²) >= 11 is 0. The first kappa shape index (κ1) is 7.61. The van der Waals surface area contributed by atoms with Gasteiger partial charge in [-0.3, -0.25) is 0 Å². The Morgan fingerprint density at radius 3 is 3.25 bits per heavy atom. The Labute approximate surface area is 71.7 Å². The van der Waals surface area contributed by atoms with Crippen molar-refractivity contribution in [2.45, 2.75) is 12.6 Å². The number of likely N-dealkylation sites (N-methyl/N-ethyl adjacent to an activating group) is 1. The van der Waals surface area contributed by atoms with Crippen molar-refractivity contribution in [3.63, 3.8) is 0 Å². The van der Waals surface area contributed by atoms with Gasteiger partial charge in [-0.1, -0.05) is 0 Å². The summed E-state index contributed by atoms with van der Waals surface area (Å²) in [6.07, 6.45) is 1.77. The summed E-state index contributed by atoms with van der Waals surface area (Å²) in [6, 6.07) is 2.34. The van der Waals surface area contributed by atoms with Gasteiger partial charge in [-0.25, -0.2) is 4.68 Å². The Hall–Kier alpha value is -1.03. The predicted octanol–water partition coefficient (Wildman–Crippen LogP) is 0.206. The van der Waals surface area contributed by atoms with Crippen LogP contribution >= 0.6 is 0 Å². The van der Waals surface area contributed by atoms with Crippen LogP contribution in [0.25, 0.3) is 0 Å². The number of aromatic nitrogens is 2. The molecule has 1 aromatic heterocycles. The second-order valence-corrected chi connectivity index (χ2v) is 3.28. The average Bonchev–Trinajstić information content (AvgIpc) is 2.49. The van der Waals surface area contributed by atoms with Gasteiger partial charge >= 0.3 is 0 Å². The third kappa shape index (κ3) is 1.18. The van der Waals surface area contributed by atoms with Crippen LogP contribution in [-0.2, 0) is 6.54 Å². The Kier molecular flexibility index (Phi) is 1.77. The smallest absolute Gasteiger partial charge is 0.211 e. The first-order valence-corrected chi connectivity index (χ1v) is 4.08. The van der Waals surface area contributed by atoms with E-state index in [0.717, 1.165) is 19.0 Å². The summed E-state index contributed by atoms with van der Waals surface area (Å²) in [6.45, 7) is 1.69. The zero-order chi connectivity index (χ0) is 8.55. The van der Waals surface area contributed by atoms with E-state index < -0.39 is 0 Å². The summed E-state index contributed by atoms with van der Waals surface area (Å²) in [5, 5.41) is 4.15. The summed E-state index contributed by atoms with van der Waals surface area (Å²) in [5.74, 6) is 0.883. The van der Waals surface area contributed by atoms with Crippen molar-refractivity contribution in [2.75, 3.05) is 20.7 Å². The molecule has 0 aliphatic carbocycles. The van der Waals surface area contributed by atoms with Gasteiger partial charge in [-0.15, -0.1) is 0 Å². The van der Waals surface area contributed by atoms with E-state index in [1.165, 1.54) is 0 Å². The molecule has 0 saturated carbocycles. The molecule has 2 heterocycles. The summed E-state index contributed by atoms with van der Waals surface area (Å²) in [7, 11) is 4.12. The molecule has 12 heavy (non-hydrogen) atoms. The number of hydrogen-bond donors (Lipinski definition) is 0. The zero-order valence-electron chi connectivity index (χ0n) is 7.40. The predicted molar refractivity (Wildman–Crippen MR) is 45.2 cm³/mol. The molecule has 66 valence electrons. The van der Waals surface area contributed by atoms with Crippen molar-refractivity contribution in [1.82, 2.24) is 14.7 Å². The van der Waals surface area contributed by atoms with Gasteiger partial charge in [-0.2, -0.15) is 5.10 Å². The third-order valence-electron chi connectivity index (χ3n) is 2.22. The minimum Gasteiger partial charge on any atom is -0.476 e. The van der Waals surface area contributed by atoms with Gasteiger partial charge < -0.3 is 9.64 Å². The van der Waals surface area contributed by atoms with Gasteiger partial charge in [-0.05, 0) is 14.1 Å². The quantitative estimate of drug-likeness (QED) is 0.599. The minimum absolute atomic E-state index is 0.442. The molecular formula is C8H13N3O. The van der Waals surface area contributed by atoms with Crippen LogP contribution in [0.15, 0.2) is 12.3 Å². The van der Waals surface area contributed by atoms with E-state index in [4.69, 9.17) is 4.74 Å². The highest BCUT2D eigenvalue weighted by Crippen LogP contribution is 2.16. The van der Waals surface area contributed by atoms with Gasteiger partial charge in [0.15, 0.2) is 0 Å².